The van der Waals surface area contributed by atoms with Crippen LogP contribution >= 0.6 is 0 Å². The zero-order chi connectivity index (χ0) is 23.5. The Morgan fingerprint density at radius 3 is 2.28 bits per heavy atom. The Morgan fingerprint density at radius 1 is 1.00 bits per heavy atom. The average molecular weight is 437 g/mol. The number of hydrogen-bond donors (Lipinski definition) is 2. The van der Waals surface area contributed by atoms with E-state index in [4.69, 9.17) is 0 Å². The van der Waals surface area contributed by atoms with Gasteiger partial charge in [0.15, 0.2) is 0 Å². The highest BCUT2D eigenvalue weighted by atomic mass is 16.3. The molecule has 3 nitrogen and oxygen atoms in total. The van der Waals surface area contributed by atoms with Crippen LogP contribution in [0.15, 0.2) is 48.5 Å². The minimum Gasteiger partial charge on any atom is -0.392 e. The van der Waals surface area contributed by atoms with Crippen LogP contribution in [0.5, 0.6) is 0 Å². The standard InChI is InChI=1S/C29H40O3/c1-6-9-24(30)22-11-8-10-20(18-22)14-17-23-25(21-15-12-19(7-2)13-16-21)28(32)26(27(23)31)29(3,4)5/h8,10-13,15-16,18,23-26,28,30,32H,6-7,9,14,17H2,1-5H3/t23-,24?,25-,26?,28?/m1/s1. The normalized spacial score (nSPS) is 24.7. The maximum atomic E-state index is 13.6. The molecule has 0 spiro atoms. The first-order valence-corrected chi connectivity index (χ1v) is 12.2. The molecule has 174 valence electrons. The van der Waals surface area contributed by atoms with E-state index in [1.54, 1.807) is 0 Å². The number of hydrogen-bond acceptors (Lipinski definition) is 3. The Bertz CT molecular complexity index is 893. The van der Waals surface area contributed by atoms with Crippen molar-refractivity contribution in [2.45, 2.75) is 84.8 Å². The van der Waals surface area contributed by atoms with E-state index < -0.39 is 12.2 Å². The van der Waals surface area contributed by atoms with Gasteiger partial charge in [-0.2, -0.15) is 0 Å². The molecule has 1 saturated carbocycles. The van der Waals surface area contributed by atoms with Crippen LogP contribution in [0.25, 0.3) is 0 Å². The molecule has 2 aromatic carbocycles. The van der Waals surface area contributed by atoms with Gasteiger partial charge in [-0.1, -0.05) is 89.6 Å². The number of aryl methyl sites for hydroxylation is 2. The first-order valence-electron chi connectivity index (χ1n) is 12.2. The van der Waals surface area contributed by atoms with E-state index in [1.807, 2.05) is 12.1 Å². The Morgan fingerprint density at radius 2 is 1.69 bits per heavy atom. The van der Waals surface area contributed by atoms with Crippen molar-refractivity contribution in [2.75, 3.05) is 0 Å². The Hall–Kier alpha value is -1.97. The van der Waals surface area contributed by atoms with Gasteiger partial charge in [0.05, 0.1) is 12.2 Å². The van der Waals surface area contributed by atoms with Gasteiger partial charge in [0, 0.05) is 17.8 Å². The van der Waals surface area contributed by atoms with Gasteiger partial charge in [-0.05, 0) is 53.4 Å². The molecular weight excluding hydrogens is 396 g/mol. The van der Waals surface area contributed by atoms with Crippen molar-refractivity contribution >= 4 is 5.78 Å². The molecule has 5 atom stereocenters. The van der Waals surface area contributed by atoms with Gasteiger partial charge >= 0.3 is 0 Å². The lowest BCUT2D eigenvalue weighted by atomic mass is 9.76. The molecule has 1 aliphatic carbocycles. The summed E-state index contributed by atoms with van der Waals surface area (Å²) in [5.74, 6) is -0.546. The van der Waals surface area contributed by atoms with Gasteiger partial charge in [-0.25, -0.2) is 0 Å². The van der Waals surface area contributed by atoms with Crippen molar-refractivity contribution < 1.29 is 15.0 Å². The topological polar surface area (TPSA) is 57.5 Å². The summed E-state index contributed by atoms with van der Waals surface area (Å²) in [5, 5.41) is 21.7. The maximum Gasteiger partial charge on any atom is 0.142 e. The lowest BCUT2D eigenvalue weighted by Crippen LogP contribution is -2.34. The number of Topliss-reactive ketones (excluding diaryl/α,β-unsaturated/α-hetero) is 1. The van der Waals surface area contributed by atoms with E-state index in [1.165, 1.54) is 5.56 Å². The second-order valence-corrected chi connectivity index (χ2v) is 10.6. The summed E-state index contributed by atoms with van der Waals surface area (Å²) in [6, 6.07) is 16.5. The third kappa shape index (κ3) is 5.32. The van der Waals surface area contributed by atoms with Crippen LogP contribution in [0.2, 0.25) is 0 Å². The molecule has 0 saturated heterocycles. The molecule has 32 heavy (non-hydrogen) atoms. The largest absolute Gasteiger partial charge is 0.392 e. The minimum absolute atomic E-state index is 0.175. The molecule has 1 aliphatic rings. The summed E-state index contributed by atoms with van der Waals surface area (Å²) >= 11 is 0. The van der Waals surface area contributed by atoms with E-state index in [0.29, 0.717) is 6.42 Å². The molecule has 3 unspecified atom stereocenters. The number of carbonyl (C=O) groups excluding carboxylic acids is 1. The highest BCUT2D eigenvalue weighted by Gasteiger charge is 2.53. The van der Waals surface area contributed by atoms with Gasteiger partial charge in [0.25, 0.3) is 0 Å². The fourth-order valence-corrected chi connectivity index (χ4v) is 5.41. The van der Waals surface area contributed by atoms with Crippen molar-refractivity contribution in [1.29, 1.82) is 0 Å². The predicted molar refractivity (Wildman–Crippen MR) is 131 cm³/mol. The summed E-state index contributed by atoms with van der Waals surface area (Å²) < 4.78 is 0. The number of aliphatic hydroxyl groups excluding tert-OH is 2. The molecule has 0 aromatic heterocycles. The fourth-order valence-electron chi connectivity index (χ4n) is 5.41. The van der Waals surface area contributed by atoms with Gasteiger partial charge in [-0.3, -0.25) is 4.79 Å². The van der Waals surface area contributed by atoms with E-state index in [9.17, 15) is 15.0 Å². The van der Waals surface area contributed by atoms with Crippen LogP contribution in [0.1, 0.15) is 88.2 Å². The first-order chi connectivity index (χ1) is 15.2. The van der Waals surface area contributed by atoms with Crippen molar-refractivity contribution in [2.24, 2.45) is 17.3 Å². The summed E-state index contributed by atoms with van der Waals surface area (Å²) in [6.45, 7) is 10.4. The van der Waals surface area contributed by atoms with E-state index in [-0.39, 0.29) is 29.0 Å². The lowest BCUT2D eigenvalue weighted by Gasteiger charge is -2.29. The van der Waals surface area contributed by atoms with Crippen LogP contribution in [0.3, 0.4) is 0 Å². The van der Waals surface area contributed by atoms with Crippen LogP contribution in [0, 0.1) is 17.3 Å². The number of rotatable bonds is 8. The average Bonchev–Trinajstić information content (AvgIpc) is 3.02. The number of ketones is 1. The monoisotopic (exact) mass is 436 g/mol. The highest BCUT2D eigenvalue weighted by Crippen LogP contribution is 2.49. The third-order valence-electron chi connectivity index (χ3n) is 7.16. The molecule has 0 amide bonds. The van der Waals surface area contributed by atoms with Gasteiger partial charge in [0.1, 0.15) is 5.78 Å². The van der Waals surface area contributed by atoms with Crippen LogP contribution in [0.4, 0.5) is 0 Å². The predicted octanol–water partition coefficient (Wildman–Crippen LogP) is 6.02. The molecule has 1 fully saturated rings. The summed E-state index contributed by atoms with van der Waals surface area (Å²) in [6.07, 6.45) is 3.02. The van der Waals surface area contributed by atoms with Crippen LogP contribution in [-0.4, -0.2) is 22.1 Å². The quantitative estimate of drug-likeness (QED) is 0.532. The lowest BCUT2D eigenvalue weighted by molar-refractivity contribution is -0.128. The van der Waals surface area contributed by atoms with Crippen LogP contribution < -0.4 is 0 Å². The molecule has 0 aliphatic heterocycles. The maximum absolute atomic E-state index is 13.6. The summed E-state index contributed by atoms with van der Waals surface area (Å²) in [7, 11) is 0. The van der Waals surface area contributed by atoms with Crippen molar-refractivity contribution in [1.82, 2.24) is 0 Å². The van der Waals surface area contributed by atoms with Crippen LogP contribution in [-0.2, 0) is 17.6 Å². The van der Waals surface area contributed by atoms with E-state index in [0.717, 1.165) is 42.4 Å². The zero-order valence-electron chi connectivity index (χ0n) is 20.3. The zero-order valence-corrected chi connectivity index (χ0v) is 20.3. The van der Waals surface area contributed by atoms with Gasteiger partial charge in [0.2, 0.25) is 0 Å². The van der Waals surface area contributed by atoms with E-state index in [2.05, 4.69) is 71.0 Å². The van der Waals surface area contributed by atoms with Gasteiger partial charge in [-0.15, -0.1) is 0 Å². The molecular formula is C29H40O3. The molecule has 2 N–H and O–H groups in total. The molecule has 0 bridgehead atoms. The number of benzene rings is 2. The Labute approximate surface area is 193 Å². The van der Waals surface area contributed by atoms with E-state index >= 15 is 0 Å². The SMILES string of the molecule is CCCC(O)c1cccc(CC[C@H]2C(=O)C(C(C)(C)C)C(O)[C@@H]2c2ccc(CC)cc2)c1. The van der Waals surface area contributed by atoms with Crippen molar-refractivity contribution in [3.05, 3.63) is 70.8 Å². The second kappa shape index (κ2) is 10.3. The number of aliphatic hydroxyl groups is 2. The fraction of sp³-hybridized carbons (Fsp3) is 0.552. The Balaban J connectivity index is 1.86. The minimum atomic E-state index is -0.669. The summed E-state index contributed by atoms with van der Waals surface area (Å²) in [4.78, 5) is 13.6. The number of carbonyl (C=O) groups is 1. The summed E-state index contributed by atoms with van der Waals surface area (Å²) in [5.41, 5.74) is 4.13. The second-order valence-electron chi connectivity index (χ2n) is 10.6. The highest BCUT2D eigenvalue weighted by molar-refractivity contribution is 5.88. The molecule has 0 radical (unpaired) electrons. The molecule has 0 heterocycles. The first kappa shape index (κ1) is 24.7. The van der Waals surface area contributed by atoms with Gasteiger partial charge < -0.3 is 10.2 Å². The van der Waals surface area contributed by atoms with Crippen molar-refractivity contribution in [3.8, 4) is 0 Å². The molecule has 2 aromatic rings. The van der Waals surface area contributed by atoms with Crippen molar-refractivity contribution in [3.63, 3.8) is 0 Å². The third-order valence-corrected chi connectivity index (χ3v) is 7.16. The Kier molecular flexibility index (Phi) is 7.95. The molecule has 3 rings (SSSR count). The smallest absolute Gasteiger partial charge is 0.142 e. The molecule has 3 heteroatoms.